The molecule has 1 aliphatic carbocycles. The van der Waals surface area contributed by atoms with E-state index in [0.29, 0.717) is 11.1 Å². The van der Waals surface area contributed by atoms with Gasteiger partial charge < -0.3 is 9.64 Å². The van der Waals surface area contributed by atoms with Crippen molar-refractivity contribution in [3.63, 3.8) is 0 Å². The third-order valence-electron chi connectivity index (χ3n) is 7.71. The van der Waals surface area contributed by atoms with Crippen molar-refractivity contribution in [3.8, 4) is 34.7 Å². The van der Waals surface area contributed by atoms with Gasteiger partial charge in [-0.2, -0.15) is 21.0 Å². The number of nitriles is 4. The molecule has 5 aromatic rings. The Labute approximate surface area is 250 Å². The zero-order valence-corrected chi connectivity index (χ0v) is 24.1. The second kappa shape index (κ2) is 9.71. The summed E-state index contributed by atoms with van der Waals surface area (Å²) >= 11 is 3.41. The molecule has 0 spiro atoms. The van der Waals surface area contributed by atoms with Gasteiger partial charge in [-0.25, -0.2) is 0 Å². The predicted molar refractivity (Wildman–Crippen MR) is 167 cm³/mol. The molecule has 0 radical (unpaired) electrons. The Bertz CT molecular complexity index is 2140. The zero-order valence-electron chi connectivity index (χ0n) is 22.5. The minimum Gasteiger partial charge on any atom is -0.378 e. The van der Waals surface area contributed by atoms with Gasteiger partial charge in [0.1, 0.15) is 42.1 Å². The molecule has 2 atom stereocenters. The van der Waals surface area contributed by atoms with Gasteiger partial charge in [-0.15, -0.1) is 22.7 Å². The molecular weight excluding hydrogens is 559 g/mol. The average Bonchev–Trinajstić information content (AvgIpc) is 3.56. The first kappa shape index (κ1) is 25.7. The maximum atomic E-state index is 9.84. The van der Waals surface area contributed by atoms with Crippen molar-refractivity contribution >= 4 is 60.2 Å². The summed E-state index contributed by atoms with van der Waals surface area (Å²) in [6, 6.07) is 28.8. The number of nitrogens with zero attached hydrogens (tertiary/aromatic N) is 5. The van der Waals surface area contributed by atoms with Crippen LogP contribution in [0.4, 0.5) is 5.69 Å². The Morgan fingerprint density at radius 1 is 0.810 bits per heavy atom. The molecule has 2 aliphatic rings. The van der Waals surface area contributed by atoms with E-state index in [-0.39, 0.29) is 28.9 Å². The van der Waals surface area contributed by atoms with Crippen LogP contribution < -0.4 is 4.90 Å². The Balaban J connectivity index is 1.31. The Hall–Kier alpha value is -5.22. The lowest BCUT2D eigenvalue weighted by Gasteiger charge is -2.20. The fourth-order valence-electron chi connectivity index (χ4n) is 5.59. The van der Waals surface area contributed by atoms with Crippen LogP contribution in [0.3, 0.4) is 0 Å². The van der Waals surface area contributed by atoms with E-state index in [1.54, 1.807) is 34.8 Å². The maximum absolute atomic E-state index is 9.84. The number of ether oxygens (including phenoxy) is 1. The molecule has 6 nitrogen and oxygen atoms in total. The van der Waals surface area contributed by atoms with Crippen LogP contribution in [0.2, 0.25) is 0 Å². The van der Waals surface area contributed by atoms with Gasteiger partial charge in [0.2, 0.25) is 0 Å². The van der Waals surface area contributed by atoms with Crippen LogP contribution in [-0.4, -0.2) is 20.2 Å². The standard InChI is InChI=1S/C34H19N5OS2/c1-39(2)24-5-3-18(4-6-24)29-11-20-12-30-19(10-31(20)42-29)7-25(41-30)13-28-32(23(16-37)17-38)26-8-21(14-35)22(15-36)9-27(26)33-34(28)40-33/h3-13,33-34H,1-2H3/b28-13-. The van der Waals surface area contributed by atoms with Crippen molar-refractivity contribution in [3.05, 3.63) is 98.9 Å². The number of hydrogen-bond acceptors (Lipinski definition) is 8. The van der Waals surface area contributed by atoms with Gasteiger partial charge in [-0.3, -0.25) is 0 Å². The van der Waals surface area contributed by atoms with Crippen molar-refractivity contribution in [2.75, 3.05) is 19.0 Å². The Morgan fingerprint density at radius 3 is 2.14 bits per heavy atom. The number of allylic oxidation sites excluding steroid dienone is 1. The fraction of sp³-hybridized carbons (Fsp3) is 0.118. The molecule has 198 valence electrons. The number of benzene rings is 3. The summed E-state index contributed by atoms with van der Waals surface area (Å²) in [7, 11) is 4.07. The van der Waals surface area contributed by atoms with Gasteiger partial charge >= 0.3 is 0 Å². The van der Waals surface area contributed by atoms with Gasteiger partial charge in [0, 0.05) is 44.5 Å². The first-order valence-corrected chi connectivity index (χ1v) is 14.7. The number of rotatable bonds is 3. The largest absolute Gasteiger partial charge is 0.378 e. The summed E-state index contributed by atoms with van der Waals surface area (Å²) in [5.74, 6) is 0. The Kier molecular flexibility index (Phi) is 5.95. The third kappa shape index (κ3) is 4.07. The van der Waals surface area contributed by atoms with Gasteiger partial charge in [-0.1, -0.05) is 12.1 Å². The van der Waals surface area contributed by atoms with E-state index in [4.69, 9.17) is 4.74 Å². The smallest absolute Gasteiger partial charge is 0.137 e. The molecule has 2 aromatic heterocycles. The van der Waals surface area contributed by atoms with Crippen LogP contribution in [-0.2, 0) is 4.74 Å². The predicted octanol–water partition coefficient (Wildman–Crippen LogP) is 7.93. The van der Waals surface area contributed by atoms with Crippen LogP contribution in [0.1, 0.15) is 33.2 Å². The second-order valence-electron chi connectivity index (χ2n) is 10.4. The molecular formula is C34H19N5OS2. The van der Waals surface area contributed by atoms with Gasteiger partial charge in [0.25, 0.3) is 0 Å². The van der Waals surface area contributed by atoms with Crippen LogP contribution in [0.15, 0.2) is 71.8 Å². The highest BCUT2D eigenvalue weighted by molar-refractivity contribution is 7.23. The monoisotopic (exact) mass is 577 g/mol. The first-order chi connectivity index (χ1) is 20.4. The average molecular weight is 578 g/mol. The summed E-state index contributed by atoms with van der Waals surface area (Å²) in [6.45, 7) is 0. The van der Waals surface area contributed by atoms with Crippen molar-refractivity contribution in [2.24, 2.45) is 0 Å². The third-order valence-corrected chi connectivity index (χ3v) is 9.90. The molecule has 2 unspecified atom stereocenters. The number of fused-ring (bicyclic) bond motifs is 5. The summed E-state index contributed by atoms with van der Waals surface area (Å²) in [6.07, 6.45) is 1.40. The van der Waals surface area contributed by atoms with Crippen molar-refractivity contribution < 1.29 is 4.74 Å². The highest BCUT2D eigenvalue weighted by Crippen LogP contribution is 2.56. The first-order valence-electron chi connectivity index (χ1n) is 13.1. The summed E-state index contributed by atoms with van der Waals surface area (Å²) in [5.41, 5.74) is 5.32. The highest BCUT2D eigenvalue weighted by Gasteiger charge is 2.50. The van der Waals surface area contributed by atoms with Crippen LogP contribution in [0, 0.1) is 45.3 Å². The lowest BCUT2D eigenvalue weighted by Crippen LogP contribution is -2.10. The van der Waals surface area contributed by atoms with Gasteiger partial charge in [0.15, 0.2) is 0 Å². The highest BCUT2D eigenvalue weighted by atomic mass is 32.1. The van der Waals surface area contributed by atoms with Crippen LogP contribution in [0.5, 0.6) is 0 Å². The molecule has 8 heteroatoms. The van der Waals surface area contributed by atoms with E-state index in [9.17, 15) is 21.0 Å². The molecule has 42 heavy (non-hydrogen) atoms. The Morgan fingerprint density at radius 2 is 1.48 bits per heavy atom. The molecule has 7 rings (SSSR count). The van der Waals surface area contributed by atoms with Crippen molar-refractivity contribution in [1.82, 2.24) is 0 Å². The van der Waals surface area contributed by atoms with Crippen LogP contribution >= 0.6 is 22.7 Å². The van der Waals surface area contributed by atoms with E-state index in [0.717, 1.165) is 26.1 Å². The lowest BCUT2D eigenvalue weighted by molar-refractivity contribution is 0.393. The molecule has 0 saturated carbocycles. The minimum absolute atomic E-state index is 0.0437. The SMILES string of the molecule is CN(C)c1ccc(-c2cc3cc4sc(/C=C5/C(=C(C#N)C#N)c6cc(C#N)c(C#N)cc6C6OC56)cc4cc3s2)cc1. The normalized spacial score (nSPS) is 17.6. The fourth-order valence-corrected chi connectivity index (χ4v) is 7.74. The molecule has 0 amide bonds. The minimum atomic E-state index is -0.321. The van der Waals surface area contributed by atoms with Crippen molar-refractivity contribution in [2.45, 2.75) is 12.2 Å². The van der Waals surface area contributed by atoms with E-state index in [1.165, 1.54) is 26.2 Å². The number of hydrogen-bond donors (Lipinski definition) is 0. The van der Waals surface area contributed by atoms with Gasteiger partial charge in [-0.05, 0) is 87.6 Å². The van der Waals surface area contributed by atoms with Crippen LogP contribution in [0.25, 0.3) is 42.3 Å². The second-order valence-corrected chi connectivity index (χ2v) is 12.6. The lowest BCUT2D eigenvalue weighted by atomic mass is 9.79. The molecule has 1 saturated heterocycles. The van der Waals surface area contributed by atoms with E-state index >= 15 is 0 Å². The molecule has 1 fully saturated rings. The van der Waals surface area contributed by atoms with Gasteiger partial charge in [0.05, 0.1) is 11.1 Å². The van der Waals surface area contributed by atoms with E-state index in [2.05, 4.69) is 65.6 Å². The molecule has 3 aromatic carbocycles. The van der Waals surface area contributed by atoms with Crippen molar-refractivity contribution in [1.29, 1.82) is 21.0 Å². The summed E-state index contributed by atoms with van der Waals surface area (Å²) < 4.78 is 8.37. The number of anilines is 1. The number of epoxide rings is 1. The topological polar surface area (TPSA) is 111 Å². The molecule has 1 aliphatic heterocycles. The molecule has 3 heterocycles. The van der Waals surface area contributed by atoms with E-state index < -0.39 is 0 Å². The summed E-state index contributed by atoms with van der Waals surface area (Å²) in [4.78, 5) is 4.29. The zero-order chi connectivity index (χ0) is 29.1. The number of thiophene rings is 2. The summed E-state index contributed by atoms with van der Waals surface area (Å²) in [5, 5.41) is 41.1. The van der Waals surface area contributed by atoms with E-state index in [1.807, 2.05) is 32.3 Å². The quantitative estimate of drug-likeness (QED) is 0.159. The maximum Gasteiger partial charge on any atom is 0.137 e. The molecule has 0 N–H and O–H groups in total. The molecule has 0 bridgehead atoms.